The quantitative estimate of drug-likeness (QED) is 0.634. The molecule has 0 aliphatic carbocycles. The molecule has 3 rings (SSSR count). The highest BCUT2D eigenvalue weighted by atomic mass is 15.2. The van der Waals surface area contributed by atoms with Crippen LogP contribution < -0.4 is 15.5 Å². The lowest BCUT2D eigenvalue weighted by Crippen LogP contribution is -2.44. The molecule has 1 unspecified atom stereocenters. The Balaban J connectivity index is 1.60. The summed E-state index contributed by atoms with van der Waals surface area (Å²) >= 11 is 0. The molecular weight excluding hydrogens is 334 g/mol. The van der Waals surface area contributed by atoms with Crippen molar-refractivity contribution in [3.8, 4) is 6.07 Å². The van der Waals surface area contributed by atoms with Crippen molar-refractivity contribution in [3.63, 3.8) is 0 Å². The van der Waals surface area contributed by atoms with Crippen LogP contribution in [-0.2, 0) is 6.54 Å². The highest BCUT2D eigenvalue weighted by Crippen LogP contribution is 2.20. The molecule has 0 radical (unpaired) electrons. The zero-order valence-electron chi connectivity index (χ0n) is 16.1. The highest BCUT2D eigenvalue weighted by molar-refractivity contribution is 5.80. The van der Waals surface area contributed by atoms with Gasteiger partial charge in [0.25, 0.3) is 0 Å². The standard InChI is InChI=1S/C22H27N5/c1-3-24-22(25-15-19-6-4-5-18(13-19)14-23)26-20-11-12-27(16-20)21-9-7-17(2)8-10-21/h4-10,13,20H,3,11-12,15-16H2,1-2H3,(H2,24,25,26). The molecule has 5 heteroatoms. The molecular formula is C22H27N5. The van der Waals surface area contributed by atoms with E-state index in [0.717, 1.165) is 37.6 Å². The number of benzene rings is 2. The van der Waals surface area contributed by atoms with Gasteiger partial charge in [0, 0.05) is 31.4 Å². The zero-order valence-corrected chi connectivity index (χ0v) is 16.1. The summed E-state index contributed by atoms with van der Waals surface area (Å²) in [5.74, 6) is 0.829. The minimum atomic E-state index is 0.370. The van der Waals surface area contributed by atoms with Gasteiger partial charge in [-0.2, -0.15) is 5.26 Å². The largest absolute Gasteiger partial charge is 0.369 e. The minimum Gasteiger partial charge on any atom is -0.369 e. The molecule has 0 amide bonds. The van der Waals surface area contributed by atoms with Crippen molar-refractivity contribution in [2.24, 2.45) is 4.99 Å². The average molecular weight is 361 g/mol. The zero-order chi connectivity index (χ0) is 19.1. The van der Waals surface area contributed by atoms with Crippen LogP contribution in [0.5, 0.6) is 0 Å². The summed E-state index contributed by atoms with van der Waals surface area (Å²) in [5.41, 5.74) is 4.28. The van der Waals surface area contributed by atoms with E-state index in [0.29, 0.717) is 18.2 Å². The number of anilines is 1. The Labute approximate surface area is 161 Å². The van der Waals surface area contributed by atoms with E-state index in [1.807, 2.05) is 24.3 Å². The third kappa shape index (κ3) is 5.24. The number of nitriles is 1. The Bertz CT molecular complexity index is 819. The van der Waals surface area contributed by atoms with E-state index in [9.17, 15) is 0 Å². The van der Waals surface area contributed by atoms with Gasteiger partial charge in [-0.3, -0.25) is 0 Å². The molecule has 1 saturated heterocycles. The van der Waals surface area contributed by atoms with Crippen molar-refractivity contribution < 1.29 is 0 Å². The molecule has 2 N–H and O–H groups in total. The van der Waals surface area contributed by atoms with Gasteiger partial charge in [0.15, 0.2) is 5.96 Å². The Kier molecular flexibility index (Phi) is 6.32. The topological polar surface area (TPSA) is 63.5 Å². The van der Waals surface area contributed by atoms with Crippen LogP contribution in [0, 0.1) is 18.3 Å². The van der Waals surface area contributed by atoms with Crippen LogP contribution in [0.25, 0.3) is 0 Å². The second-order valence-electron chi connectivity index (χ2n) is 6.92. The predicted molar refractivity (Wildman–Crippen MR) is 111 cm³/mol. The number of nitrogens with zero attached hydrogens (tertiary/aromatic N) is 3. The Morgan fingerprint density at radius 1 is 1.26 bits per heavy atom. The molecule has 5 nitrogen and oxygen atoms in total. The molecule has 1 aliphatic rings. The first-order valence-corrected chi connectivity index (χ1v) is 9.53. The smallest absolute Gasteiger partial charge is 0.191 e. The van der Waals surface area contributed by atoms with Crippen LogP contribution in [0.4, 0.5) is 5.69 Å². The van der Waals surface area contributed by atoms with E-state index in [2.05, 4.69) is 59.7 Å². The van der Waals surface area contributed by atoms with Crippen molar-refractivity contribution in [2.45, 2.75) is 32.9 Å². The van der Waals surface area contributed by atoms with E-state index in [1.165, 1.54) is 11.3 Å². The van der Waals surface area contributed by atoms with Gasteiger partial charge in [-0.25, -0.2) is 4.99 Å². The van der Waals surface area contributed by atoms with Gasteiger partial charge < -0.3 is 15.5 Å². The van der Waals surface area contributed by atoms with Gasteiger partial charge in [0.05, 0.1) is 18.2 Å². The van der Waals surface area contributed by atoms with Gasteiger partial charge in [0.2, 0.25) is 0 Å². The second-order valence-corrected chi connectivity index (χ2v) is 6.92. The molecule has 1 fully saturated rings. The van der Waals surface area contributed by atoms with Crippen molar-refractivity contribution in [1.82, 2.24) is 10.6 Å². The summed E-state index contributed by atoms with van der Waals surface area (Å²) in [5, 5.41) is 15.9. The SMILES string of the molecule is CCNC(=NCc1cccc(C#N)c1)NC1CCN(c2ccc(C)cc2)C1. The minimum absolute atomic E-state index is 0.370. The fraction of sp³-hybridized carbons (Fsp3) is 0.364. The van der Waals surface area contributed by atoms with Crippen molar-refractivity contribution in [3.05, 3.63) is 65.2 Å². The van der Waals surface area contributed by atoms with E-state index in [1.54, 1.807) is 0 Å². The fourth-order valence-electron chi connectivity index (χ4n) is 3.29. The molecule has 0 bridgehead atoms. The van der Waals surface area contributed by atoms with E-state index in [-0.39, 0.29) is 0 Å². The Hall–Kier alpha value is -3.00. The number of nitrogens with one attached hydrogen (secondary N) is 2. The van der Waals surface area contributed by atoms with Crippen LogP contribution >= 0.6 is 0 Å². The van der Waals surface area contributed by atoms with Gasteiger partial charge in [-0.15, -0.1) is 0 Å². The molecule has 2 aromatic carbocycles. The molecule has 1 atom stereocenters. The Morgan fingerprint density at radius 2 is 2.07 bits per heavy atom. The molecule has 0 aromatic heterocycles. The van der Waals surface area contributed by atoms with Crippen molar-refractivity contribution >= 4 is 11.6 Å². The van der Waals surface area contributed by atoms with Crippen LogP contribution in [0.2, 0.25) is 0 Å². The molecule has 1 heterocycles. The van der Waals surface area contributed by atoms with Gasteiger partial charge in [0.1, 0.15) is 0 Å². The monoisotopic (exact) mass is 361 g/mol. The second kappa shape index (κ2) is 9.09. The number of hydrogen-bond donors (Lipinski definition) is 2. The van der Waals surface area contributed by atoms with Gasteiger partial charge in [-0.05, 0) is 50.1 Å². The first-order valence-electron chi connectivity index (χ1n) is 9.53. The maximum absolute atomic E-state index is 9.03. The maximum atomic E-state index is 9.03. The van der Waals surface area contributed by atoms with Gasteiger partial charge >= 0.3 is 0 Å². The van der Waals surface area contributed by atoms with E-state index >= 15 is 0 Å². The van der Waals surface area contributed by atoms with Crippen LogP contribution in [0.3, 0.4) is 0 Å². The van der Waals surface area contributed by atoms with E-state index < -0.39 is 0 Å². The first kappa shape index (κ1) is 18.8. The summed E-state index contributed by atoms with van der Waals surface area (Å²) in [6.07, 6.45) is 1.09. The Morgan fingerprint density at radius 3 is 2.81 bits per heavy atom. The normalized spacial score (nSPS) is 16.9. The van der Waals surface area contributed by atoms with Gasteiger partial charge in [-0.1, -0.05) is 29.8 Å². The molecule has 0 saturated carbocycles. The predicted octanol–water partition coefficient (Wildman–Crippen LogP) is 3.20. The lowest BCUT2D eigenvalue weighted by atomic mass is 10.1. The molecule has 2 aromatic rings. The summed E-state index contributed by atoms with van der Waals surface area (Å²) in [6.45, 7) is 7.57. The summed E-state index contributed by atoms with van der Waals surface area (Å²) in [7, 11) is 0. The molecule has 27 heavy (non-hydrogen) atoms. The number of aryl methyl sites for hydroxylation is 1. The van der Waals surface area contributed by atoms with Crippen LogP contribution in [0.1, 0.15) is 30.0 Å². The first-order chi connectivity index (χ1) is 13.2. The highest BCUT2D eigenvalue weighted by Gasteiger charge is 2.23. The summed E-state index contributed by atoms with van der Waals surface area (Å²) in [6, 6.07) is 18.9. The number of rotatable bonds is 5. The van der Waals surface area contributed by atoms with Crippen LogP contribution in [-0.4, -0.2) is 31.6 Å². The summed E-state index contributed by atoms with van der Waals surface area (Å²) < 4.78 is 0. The maximum Gasteiger partial charge on any atom is 0.191 e. The van der Waals surface area contributed by atoms with Crippen LogP contribution in [0.15, 0.2) is 53.5 Å². The molecule has 1 aliphatic heterocycles. The lowest BCUT2D eigenvalue weighted by Gasteiger charge is -2.20. The third-order valence-corrected chi connectivity index (χ3v) is 4.75. The lowest BCUT2D eigenvalue weighted by molar-refractivity contribution is 0.649. The molecule has 140 valence electrons. The molecule has 0 spiro atoms. The third-order valence-electron chi connectivity index (χ3n) is 4.75. The van der Waals surface area contributed by atoms with Crippen molar-refractivity contribution in [2.75, 3.05) is 24.5 Å². The number of hydrogen-bond acceptors (Lipinski definition) is 3. The van der Waals surface area contributed by atoms with Crippen molar-refractivity contribution in [1.29, 1.82) is 5.26 Å². The van der Waals surface area contributed by atoms with E-state index in [4.69, 9.17) is 10.3 Å². The average Bonchev–Trinajstić information content (AvgIpc) is 3.15. The number of aliphatic imine (C=N–C) groups is 1. The fourth-order valence-corrected chi connectivity index (χ4v) is 3.29. The summed E-state index contributed by atoms with van der Waals surface area (Å²) in [4.78, 5) is 7.11. The number of guanidine groups is 1.